The number of hydrogen-bond acceptors (Lipinski definition) is 6. The zero-order valence-electron chi connectivity index (χ0n) is 18.3. The van der Waals surface area contributed by atoms with Gasteiger partial charge >= 0.3 is 17.8 Å². The molecule has 0 saturated carbocycles. The third kappa shape index (κ3) is 5.85. The van der Waals surface area contributed by atoms with Gasteiger partial charge in [-0.15, -0.1) is 0 Å². The highest BCUT2D eigenvalue weighted by molar-refractivity contribution is 6.30. The number of rotatable bonds is 12. The number of halogens is 1. The first-order chi connectivity index (χ1) is 15.2. The first kappa shape index (κ1) is 26.2. The molecule has 5 atom stereocenters. The van der Waals surface area contributed by atoms with Crippen molar-refractivity contribution in [1.82, 2.24) is 0 Å². The summed E-state index contributed by atoms with van der Waals surface area (Å²) in [6.45, 7) is 0.401. The van der Waals surface area contributed by atoms with E-state index in [0.717, 1.165) is 5.56 Å². The van der Waals surface area contributed by atoms with Gasteiger partial charge in [0.05, 0.1) is 0 Å². The van der Waals surface area contributed by atoms with E-state index in [1.807, 2.05) is 0 Å². The van der Waals surface area contributed by atoms with Crippen LogP contribution in [0.15, 0.2) is 24.3 Å². The number of ether oxygens (including phenoxy) is 1. The minimum absolute atomic E-state index is 0.0395. The number of amides is 1. The molecule has 1 fully saturated rings. The average molecular weight is 471 g/mol. The molecule has 178 valence electrons. The van der Waals surface area contributed by atoms with Crippen LogP contribution in [0.3, 0.4) is 0 Å². The number of benzene rings is 1. The van der Waals surface area contributed by atoms with Gasteiger partial charge < -0.3 is 26.4 Å². The molecule has 1 amide bonds. The van der Waals surface area contributed by atoms with E-state index < -0.39 is 46.6 Å². The summed E-state index contributed by atoms with van der Waals surface area (Å²) in [5.41, 5.74) is 12.5. The minimum Gasteiger partial charge on any atom is -0.477 e. The Balaban J connectivity index is 2.43. The van der Waals surface area contributed by atoms with Crippen LogP contribution in [0, 0.1) is 0 Å². The number of nitrogens with zero attached hydrogens (tertiary/aromatic N) is 1. The maximum absolute atomic E-state index is 13.7. The van der Waals surface area contributed by atoms with Crippen molar-refractivity contribution in [1.29, 1.82) is 0 Å². The van der Waals surface area contributed by atoms with Gasteiger partial charge in [0.2, 0.25) is 0 Å². The summed E-state index contributed by atoms with van der Waals surface area (Å²) < 4.78 is 4.64. The van der Waals surface area contributed by atoms with Crippen molar-refractivity contribution < 1.29 is 33.8 Å². The first-order valence-corrected chi connectivity index (χ1v) is 11.2. The van der Waals surface area contributed by atoms with Crippen LogP contribution in [0.5, 0.6) is 0 Å². The molecular weight excluding hydrogens is 438 g/mol. The number of carboxylic acids is 2. The molecule has 32 heavy (non-hydrogen) atoms. The van der Waals surface area contributed by atoms with Gasteiger partial charge in [-0.2, -0.15) is 0 Å². The number of likely N-dealkylation sites (tertiary alicyclic amines) is 1. The Labute approximate surface area is 192 Å². The maximum atomic E-state index is 13.7. The van der Waals surface area contributed by atoms with Gasteiger partial charge in [-0.1, -0.05) is 23.7 Å². The predicted molar refractivity (Wildman–Crippen MR) is 119 cm³/mol. The minimum atomic E-state index is -1.28. The van der Waals surface area contributed by atoms with E-state index >= 15 is 0 Å². The Bertz CT molecular complexity index is 805. The molecule has 9 nitrogen and oxygen atoms in total. The molecule has 1 aliphatic rings. The van der Waals surface area contributed by atoms with Crippen LogP contribution in [0.2, 0.25) is 5.02 Å². The molecule has 0 unspecified atom stereocenters. The van der Waals surface area contributed by atoms with E-state index in [9.17, 15) is 24.6 Å². The normalized spacial score (nSPS) is 24.8. The number of hydrogen-bond donors (Lipinski definition) is 4. The van der Waals surface area contributed by atoms with Crippen LogP contribution in [0.1, 0.15) is 37.7 Å². The number of aryl methyl sites for hydroxylation is 1. The molecule has 1 heterocycles. The third-order valence-corrected chi connectivity index (χ3v) is 6.58. The van der Waals surface area contributed by atoms with Gasteiger partial charge in [-0.05, 0) is 49.9 Å². The Morgan fingerprint density at radius 2 is 1.84 bits per heavy atom. The lowest BCUT2D eigenvalue weighted by atomic mass is 9.97. The standard InChI is InChI=1S/C22H32ClN3O6/c1-32-16-12-19(22(30)31)26(13-16,20(27)17(25)4-2-3-11-24)18(21(28)29)10-7-14-5-8-15(23)9-6-14/h5-6,8-9,16-19H,2-4,7,10-13,24-25H2,1H3,(H-,28,29,30,31)/p+1/t16-,17-,18-,19-,26-/m0/s1. The molecule has 6 N–H and O–H groups in total. The number of methoxy groups -OCH3 is 1. The zero-order valence-corrected chi connectivity index (χ0v) is 19.0. The van der Waals surface area contributed by atoms with Gasteiger partial charge in [0, 0.05) is 25.0 Å². The van der Waals surface area contributed by atoms with Crippen LogP contribution in [0.4, 0.5) is 0 Å². The topological polar surface area (TPSA) is 153 Å². The quantitative estimate of drug-likeness (QED) is 0.264. The summed E-state index contributed by atoms with van der Waals surface area (Å²) in [6.07, 6.45) is 1.46. The second-order valence-electron chi connectivity index (χ2n) is 8.31. The van der Waals surface area contributed by atoms with Gasteiger partial charge in [0.15, 0.2) is 12.1 Å². The van der Waals surface area contributed by atoms with E-state index in [1.165, 1.54) is 7.11 Å². The van der Waals surface area contributed by atoms with Gasteiger partial charge in [0.25, 0.3) is 0 Å². The largest absolute Gasteiger partial charge is 0.477 e. The number of unbranched alkanes of at least 4 members (excludes halogenated alkanes) is 1. The smallest absolute Gasteiger partial charge is 0.363 e. The fourth-order valence-corrected chi connectivity index (χ4v) is 4.76. The van der Waals surface area contributed by atoms with Crippen LogP contribution in [-0.4, -0.2) is 77.0 Å². The summed E-state index contributed by atoms with van der Waals surface area (Å²) in [5, 5.41) is 20.7. The Morgan fingerprint density at radius 1 is 1.19 bits per heavy atom. The lowest BCUT2D eigenvalue weighted by Crippen LogP contribution is -2.70. The summed E-state index contributed by atoms with van der Waals surface area (Å²) in [4.78, 5) is 38.3. The molecule has 0 aromatic heterocycles. The summed E-state index contributed by atoms with van der Waals surface area (Å²) in [6, 6.07) is 3.44. The number of carbonyl (C=O) groups is 3. The summed E-state index contributed by atoms with van der Waals surface area (Å²) in [5.74, 6) is -3.04. The highest BCUT2D eigenvalue weighted by Crippen LogP contribution is 2.36. The lowest BCUT2D eigenvalue weighted by molar-refractivity contribution is -0.877. The Morgan fingerprint density at radius 3 is 2.38 bits per heavy atom. The molecule has 0 aliphatic carbocycles. The first-order valence-electron chi connectivity index (χ1n) is 10.8. The van der Waals surface area contributed by atoms with Crippen molar-refractivity contribution >= 4 is 29.4 Å². The van der Waals surface area contributed by atoms with Crippen molar-refractivity contribution in [2.45, 2.75) is 62.8 Å². The SMILES string of the molecule is CO[C@H]1C[C@@H](C(=O)O)[N@@+](C(=O)[C@@H](N)CCCCN)([C@@H](CCc2ccc(Cl)cc2)C(=O)O)C1. The molecule has 1 aliphatic heterocycles. The van der Waals surface area contributed by atoms with E-state index in [2.05, 4.69) is 0 Å². The Hall–Kier alpha value is -2.04. The predicted octanol–water partition coefficient (Wildman–Crippen LogP) is 1.40. The fraction of sp³-hybridized carbons (Fsp3) is 0.591. The van der Waals surface area contributed by atoms with E-state index in [-0.39, 0.29) is 19.4 Å². The highest BCUT2D eigenvalue weighted by atomic mass is 35.5. The highest BCUT2D eigenvalue weighted by Gasteiger charge is 2.62. The fourth-order valence-electron chi connectivity index (χ4n) is 4.63. The monoisotopic (exact) mass is 470 g/mol. The average Bonchev–Trinajstić information content (AvgIpc) is 3.15. The molecule has 1 aromatic carbocycles. The number of quaternary nitrogens is 1. The lowest BCUT2D eigenvalue weighted by Gasteiger charge is -2.41. The molecule has 2 rings (SSSR count). The Kier molecular flexibility index (Phi) is 9.60. The molecular formula is C22H33ClN3O6+. The van der Waals surface area contributed by atoms with Crippen LogP contribution >= 0.6 is 11.6 Å². The van der Waals surface area contributed by atoms with Crippen LogP contribution in [0.25, 0.3) is 0 Å². The summed E-state index contributed by atoms with van der Waals surface area (Å²) in [7, 11) is 1.43. The van der Waals surface area contributed by atoms with Crippen molar-refractivity contribution in [2.24, 2.45) is 11.5 Å². The number of aliphatic carboxylic acids is 2. The van der Waals surface area contributed by atoms with Crippen molar-refractivity contribution in [3.63, 3.8) is 0 Å². The number of carboxylic acid groups (broad SMARTS) is 2. The summed E-state index contributed by atoms with van der Waals surface area (Å²) >= 11 is 5.92. The van der Waals surface area contributed by atoms with E-state index in [1.54, 1.807) is 24.3 Å². The van der Waals surface area contributed by atoms with Gasteiger partial charge in [-0.25, -0.2) is 18.9 Å². The third-order valence-electron chi connectivity index (χ3n) is 6.32. The van der Waals surface area contributed by atoms with Crippen molar-refractivity contribution in [3.8, 4) is 0 Å². The molecule has 1 saturated heterocycles. The van der Waals surface area contributed by atoms with Crippen LogP contribution < -0.4 is 11.5 Å². The molecule has 0 bridgehead atoms. The van der Waals surface area contributed by atoms with E-state index in [0.29, 0.717) is 37.3 Å². The number of nitrogens with two attached hydrogens (primary N) is 2. The molecule has 10 heteroatoms. The van der Waals surface area contributed by atoms with Gasteiger partial charge in [-0.3, -0.25) is 0 Å². The molecule has 1 aromatic rings. The molecule has 0 radical (unpaired) electrons. The second kappa shape index (κ2) is 11.7. The molecule has 0 spiro atoms. The zero-order chi connectivity index (χ0) is 23.9. The van der Waals surface area contributed by atoms with Crippen molar-refractivity contribution in [2.75, 3.05) is 20.2 Å². The maximum Gasteiger partial charge on any atom is 0.363 e. The number of carbonyl (C=O) groups excluding carboxylic acids is 1. The van der Waals surface area contributed by atoms with Crippen molar-refractivity contribution in [3.05, 3.63) is 34.9 Å². The van der Waals surface area contributed by atoms with Gasteiger partial charge in [0.1, 0.15) is 18.7 Å². The second-order valence-corrected chi connectivity index (χ2v) is 8.75. The van der Waals surface area contributed by atoms with E-state index in [4.69, 9.17) is 27.8 Å². The van der Waals surface area contributed by atoms with Crippen LogP contribution in [-0.2, 0) is 25.5 Å².